The maximum Gasteiger partial charge on any atom is 0.0198 e. The monoisotopic (exact) mass is 336 g/mol. The number of piperazine rings is 2. The van der Waals surface area contributed by atoms with Gasteiger partial charge in [0.25, 0.3) is 0 Å². The van der Waals surface area contributed by atoms with Gasteiger partial charge in [0.1, 0.15) is 0 Å². The van der Waals surface area contributed by atoms with Crippen molar-refractivity contribution in [1.29, 1.82) is 0 Å². The van der Waals surface area contributed by atoms with Crippen LogP contribution in [-0.4, -0.2) is 96.1 Å². The summed E-state index contributed by atoms with van der Waals surface area (Å²) in [4.78, 5) is 10.5. The van der Waals surface area contributed by atoms with Crippen LogP contribution < -0.4 is 0 Å². The molecule has 2 heterocycles. The minimum Gasteiger partial charge on any atom is -0.298 e. The first-order valence-electron chi connectivity index (χ1n) is 10.1. The molecule has 0 aromatic heterocycles. The van der Waals surface area contributed by atoms with Crippen LogP contribution in [0.3, 0.4) is 0 Å². The molecule has 0 unspecified atom stereocenters. The van der Waals surface area contributed by atoms with Crippen LogP contribution in [0.4, 0.5) is 0 Å². The zero-order chi connectivity index (χ0) is 17.7. The fraction of sp³-hybridized carbons (Fsp3) is 0.900. The molecule has 2 fully saturated rings. The van der Waals surface area contributed by atoms with Crippen molar-refractivity contribution in [3.8, 4) is 0 Å². The lowest BCUT2D eigenvalue weighted by Gasteiger charge is -2.44. The van der Waals surface area contributed by atoms with Gasteiger partial charge in [0.05, 0.1) is 0 Å². The Labute approximate surface area is 150 Å². The molecule has 2 aliphatic rings. The second kappa shape index (κ2) is 9.33. The Bertz CT molecular complexity index is 361. The van der Waals surface area contributed by atoms with E-state index in [0.29, 0.717) is 24.2 Å². The molecule has 2 rings (SSSR count). The standard InChI is InChI=1S/C20H40N4/c1-7-21-13-19(5)23(15-17(21)3)11-9-10-12-24-16-18(4)22(8-2)14-20(24)6/h9-10,17-20H,7-8,11-16H2,1-6H3/b10-9+/t17-,18-,19-,20+/m0/s1. The molecule has 2 aliphatic heterocycles. The number of likely N-dealkylation sites (N-methyl/N-ethyl adjacent to an activating group) is 2. The molecule has 0 amide bonds. The van der Waals surface area contributed by atoms with Crippen LogP contribution in [0.15, 0.2) is 12.2 Å². The zero-order valence-corrected chi connectivity index (χ0v) is 16.9. The summed E-state index contributed by atoms with van der Waals surface area (Å²) in [5, 5.41) is 0. The molecule has 4 nitrogen and oxygen atoms in total. The first kappa shape index (κ1) is 19.9. The van der Waals surface area contributed by atoms with Crippen LogP contribution in [-0.2, 0) is 0 Å². The summed E-state index contributed by atoms with van der Waals surface area (Å²) >= 11 is 0. The van der Waals surface area contributed by atoms with Crippen molar-refractivity contribution >= 4 is 0 Å². The van der Waals surface area contributed by atoms with Gasteiger partial charge in [0.15, 0.2) is 0 Å². The smallest absolute Gasteiger partial charge is 0.0198 e. The summed E-state index contributed by atoms with van der Waals surface area (Å²) in [7, 11) is 0. The molecule has 0 aromatic carbocycles. The molecule has 0 bridgehead atoms. The first-order valence-corrected chi connectivity index (χ1v) is 10.1. The average Bonchev–Trinajstić information content (AvgIpc) is 2.56. The van der Waals surface area contributed by atoms with Crippen molar-refractivity contribution in [3.05, 3.63) is 12.2 Å². The van der Waals surface area contributed by atoms with Crippen molar-refractivity contribution in [2.75, 3.05) is 52.4 Å². The maximum atomic E-state index is 2.63. The second-order valence-corrected chi connectivity index (χ2v) is 7.95. The molecule has 4 heteroatoms. The molecule has 0 spiro atoms. The van der Waals surface area contributed by atoms with E-state index in [-0.39, 0.29) is 0 Å². The van der Waals surface area contributed by atoms with E-state index in [2.05, 4.69) is 73.3 Å². The van der Waals surface area contributed by atoms with Gasteiger partial charge in [-0.3, -0.25) is 19.6 Å². The number of hydrogen-bond acceptors (Lipinski definition) is 4. The van der Waals surface area contributed by atoms with Crippen LogP contribution >= 0.6 is 0 Å². The Morgan fingerprint density at radius 3 is 1.21 bits per heavy atom. The quantitative estimate of drug-likeness (QED) is 0.690. The Morgan fingerprint density at radius 2 is 0.875 bits per heavy atom. The highest BCUT2D eigenvalue weighted by Gasteiger charge is 2.28. The Balaban J connectivity index is 1.76. The highest BCUT2D eigenvalue weighted by molar-refractivity contribution is 4.94. The lowest BCUT2D eigenvalue weighted by Crippen LogP contribution is -2.56. The maximum absolute atomic E-state index is 2.63. The third kappa shape index (κ3) is 5.04. The van der Waals surface area contributed by atoms with Crippen LogP contribution in [0.2, 0.25) is 0 Å². The van der Waals surface area contributed by atoms with Crippen LogP contribution in [0, 0.1) is 0 Å². The molecule has 0 N–H and O–H groups in total. The Kier molecular flexibility index (Phi) is 7.73. The van der Waals surface area contributed by atoms with E-state index in [1.807, 2.05) is 0 Å². The van der Waals surface area contributed by atoms with E-state index < -0.39 is 0 Å². The minimum absolute atomic E-state index is 0.665. The van der Waals surface area contributed by atoms with Crippen molar-refractivity contribution in [2.24, 2.45) is 0 Å². The van der Waals surface area contributed by atoms with Gasteiger partial charge in [-0.25, -0.2) is 0 Å². The number of nitrogens with zero attached hydrogens (tertiary/aromatic N) is 4. The second-order valence-electron chi connectivity index (χ2n) is 7.95. The van der Waals surface area contributed by atoms with Crippen LogP contribution in [0.25, 0.3) is 0 Å². The Hall–Kier alpha value is -0.420. The predicted molar refractivity (Wildman–Crippen MR) is 105 cm³/mol. The highest BCUT2D eigenvalue weighted by atomic mass is 15.3. The van der Waals surface area contributed by atoms with Gasteiger partial charge in [-0.05, 0) is 40.8 Å². The molecule has 4 atom stereocenters. The van der Waals surface area contributed by atoms with Crippen LogP contribution in [0.1, 0.15) is 41.5 Å². The molecular formula is C20H40N4. The van der Waals surface area contributed by atoms with E-state index in [0.717, 1.165) is 13.1 Å². The summed E-state index contributed by atoms with van der Waals surface area (Å²) in [6.07, 6.45) is 4.79. The number of hydrogen-bond donors (Lipinski definition) is 0. The fourth-order valence-electron chi connectivity index (χ4n) is 4.35. The molecular weight excluding hydrogens is 296 g/mol. The molecule has 140 valence electrons. The van der Waals surface area contributed by atoms with Gasteiger partial charge >= 0.3 is 0 Å². The SMILES string of the molecule is CCN1C[C@@H](C)N(C/C=C/CN2C[C@H](C)N(CC)C[C@@H]2C)C[C@@H]1C. The summed E-state index contributed by atoms with van der Waals surface area (Å²) in [5.74, 6) is 0. The van der Waals surface area contributed by atoms with E-state index >= 15 is 0 Å². The topological polar surface area (TPSA) is 13.0 Å². The van der Waals surface area contributed by atoms with Crippen LogP contribution in [0.5, 0.6) is 0 Å². The molecule has 24 heavy (non-hydrogen) atoms. The fourth-order valence-corrected chi connectivity index (χ4v) is 4.35. The van der Waals surface area contributed by atoms with Crippen molar-refractivity contribution < 1.29 is 0 Å². The highest BCUT2D eigenvalue weighted by Crippen LogP contribution is 2.16. The summed E-state index contributed by atoms with van der Waals surface area (Å²) in [5.41, 5.74) is 0. The minimum atomic E-state index is 0.665. The Morgan fingerprint density at radius 1 is 0.583 bits per heavy atom. The average molecular weight is 337 g/mol. The third-order valence-corrected chi connectivity index (χ3v) is 6.15. The molecule has 0 radical (unpaired) electrons. The largest absolute Gasteiger partial charge is 0.298 e. The third-order valence-electron chi connectivity index (χ3n) is 6.15. The molecule has 2 saturated heterocycles. The van der Waals surface area contributed by atoms with E-state index in [1.165, 1.54) is 39.3 Å². The van der Waals surface area contributed by atoms with Gasteiger partial charge in [-0.15, -0.1) is 0 Å². The van der Waals surface area contributed by atoms with E-state index in [9.17, 15) is 0 Å². The summed E-state index contributed by atoms with van der Waals surface area (Å²) in [6.45, 7) is 23.4. The van der Waals surface area contributed by atoms with E-state index in [1.54, 1.807) is 0 Å². The number of rotatable bonds is 6. The molecule has 0 aromatic rings. The predicted octanol–water partition coefficient (Wildman–Crippen LogP) is 2.37. The molecule has 0 aliphatic carbocycles. The zero-order valence-electron chi connectivity index (χ0n) is 16.9. The van der Waals surface area contributed by atoms with Gasteiger partial charge in [0.2, 0.25) is 0 Å². The van der Waals surface area contributed by atoms with E-state index in [4.69, 9.17) is 0 Å². The van der Waals surface area contributed by atoms with Crippen molar-refractivity contribution in [3.63, 3.8) is 0 Å². The molecule has 0 saturated carbocycles. The van der Waals surface area contributed by atoms with Crippen molar-refractivity contribution in [2.45, 2.75) is 65.7 Å². The first-order chi connectivity index (χ1) is 11.5. The lowest BCUT2D eigenvalue weighted by atomic mass is 10.1. The van der Waals surface area contributed by atoms with Gasteiger partial charge in [0, 0.05) is 63.4 Å². The van der Waals surface area contributed by atoms with Gasteiger partial charge in [-0.1, -0.05) is 26.0 Å². The van der Waals surface area contributed by atoms with Crippen molar-refractivity contribution in [1.82, 2.24) is 19.6 Å². The summed E-state index contributed by atoms with van der Waals surface area (Å²) in [6, 6.07) is 2.70. The summed E-state index contributed by atoms with van der Waals surface area (Å²) < 4.78 is 0. The van der Waals surface area contributed by atoms with Gasteiger partial charge in [-0.2, -0.15) is 0 Å². The van der Waals surface area contributed by atoms with Gasteiger partial charge < -0.3 is 0 Å². The lowest BCUT2D eigenvalue weighted by molar-refractivity contribution is 0.0520. The normalized spacial score (nSPS) is 35.1.